The summed E-state index contributed by atoms with van der Waals surface area (Å²) < 4.78 is 0. The molecule has 1 heterocycles. The summed E-state index contributed by atoms with van der Waals surface area (Å²) in [7, 11) is 0. The van der Waals surface area contributed by atoms with E-state index in [2.05, 4.69) is 10.5 Å². The number of hydrogen-bond donors (Lipinski definition) is 1. The maximum atomic E-state index is 4.92. The summed E-state index contributed by atoms with van der Waals surface area (Å²) in [5.74, 6) is 0.626. The van der Waals surface area contributed by atoms with Crippen molar-refractivity contribution in [1.29, 1.82) is 0 Å². The number of rotatable bonds is 1. The average molecular weight is 111 g/mol. The zero-order valence-corrected chi connectivity index (χ0v) is 4.42. The number of aliphatic imine (C=N–C) groups is 1. The van der Waals surface area contributed by atoms with Gasteiger partial charge in [-0.25, -0.2) is 9.83 Å². The Bertz CT molecular complexity index is 120. The first-order chi connectivity index (χ1) is 3.97. The highest BCUT2D eigenvalue weighted by molar-refractivity contribution is 5.55. The Morgan fingerprint density at radius 3 is 3.12 bits per heavy atom. The van der Waals surface area contributed by atoms with E-state index in [1.54, 1.807) is 6.34 Å². The molecule has 2 aliphatic rings. The van der Waals surface area contributed by atoms with E-state index >= 15 is 0 Å². The summed E-state index contributed by atoms with van der Waals surface area (Å²) in [6, 6.07) is 0. The molecular weight excluding hydrogens is 104 g/mol. The second kappa shape index (κ2) is 1.45. The Balaban J connectivity index is 1.95. The van der Waals surface area contributed by atoms with Gasteiger partial charge in [-0.3, -0.25) is 5.48 Å². The zero-order valence-electron chi connectivity index (χ0n) is 4.42. The van der Waals surface area contributed by atoms with Crippen molar-refractivity contribution in [3.05, 3.63) is 6.23 Å². The first kappa shape index (κ1) is 4.32. The standard InChI is InChI=1S/C5H7N2O/c1-2-4(1)5-6-3-7-8-5/h3-4H,1-2H2,(H,6,7). The van der Waals surface area contributed by atoms with Gasteiger partial charge >= 0.3 is 0 Å². The van der Waals surface area contributed by atoms with Crippen molar-refractivity contribution < 1.29 is 4.84 Å². The van der Waals surface area contributed by atoms with Crippen molar-refractivity contribution in [2.75, 3.05) is 0 Å². The van der Waals surface area contributed by atoms with Gasteiger partial charge in [-0.2, -0.15) is 0 Å². The van der Waals surface area contributed by atoms with Gasteiger partial charge in [0.1, 0.15) is 6.34 Å². The predicted octanol–water partition coefficient (Wildman–Crippen LogP) is 0.449. The van der Waals surface area contributed by atoms with Crippen LogP contribution in [-0.2, 0) is 4.84 Å². The summed E-state index contributed by atoms with van der Waals surface area (Å²) >= 11 is 0. The third-order valence-electron chi connectivity index (χ3n) is 1.33. The Morgan fingerprint density at radius 1 is 1.75 bits per heavy atom. The largest absolute Gasteiger partial charge is 0.253 e. The summed E-state index contributed by atoms with van der Waals surface area (Å²) in [6.45, 7) is 0. The third kappa shape index (κ3) is 0.591. The molecule has 0 atom stereocenters. The molecule has 0 aromatic rings. The summed E-state index contributed by atoms with van der Waals surface area (Å²) in [6.07, 6.45) is 4.93. The maximum Gasteiger partial charge on any atom is 0.241 e. The molecule has 1 N–H and O–H groups in total. The Labute approximate surface area is 47.7 Å². The van der Waals surface area contributed by atoms with E-state index in [9.17, 15) is 0 Å². The minimum atomic E-state index is 0.626. The smallest absolute Gasteiger partial charge is 0.241 e. The second-order valence-corrected chi connectivity index (χ2v) is 2.09. The molecule has 2 rings (SSSR count). The molecule has 0 aromatic heterocycles. The molecule has 8 heavy (non-hydrogen) atoms. The van der Waals surface area contributed by atoms with Gasteiger partial charge in [0, 0.05) is 5.92 Å². The van der Waals surface area contributed by atoms with E-state index in [1.165, 1.54) is 12.8 Å². The minimum absolute atomic E-state index is 0.626. The van der Waals surface area contributed by atoms with Crippen molar-refractivity contribution in [2.24, 2.45) is 10.9 Å². The normalized spacial score (nSPS) is 28.5. The summed E-state index contributed by atoms with van der Waals surface area (Å²) in [4.78, 5) is 8.88. The van der Waals surface area contributed by atoms with E-state index in [1.807, 2.05) is 0 Å². The van der Waals surface area contributed by atoms with Gasteiger partial charge < -0.3 is 0 Å². The molecule has 0 saturated heterocycles. The molecule has 1 fully saturated rings. The third-order valence-corrected chi connectivity index (χ3v) is 1.33. The molecule has 3 nitrogen and oxygen atoms in total. The molecule has 1 saturated carbocycles. The van der Waals surface area contributed by atoms with Gasteiger partial charge in [0.05, 0.1) is 0 Å². The van der Waals surface area contributed by atoms with Crippen LogP contribution < -0.4 is 5.48 Å². The number of hydrogen-bond acceptors (Lipinski definition) is 3. The topological polar surface area (TPSA) is 33.6 Å². The summed E-state index contributed by atoms with van der Waals surface area (Å²) in [5, 5.41) is 0. The minimum Gasteiger partial charge on any atom is -0.253 e. The summed E-state index contributed by atoms with van der Waals surface area (Å²) in [5.41, 5.74) is 2.56. The second-order valence-electron chi connectivity index (χ2n) is 2.09. The monoisotopic (exact) mass is 111 g/mol. The zero-order chi connectivity index (χ0) is 5.40. The lowest BCUT2D eigenvalue weighted by molar-refractivity contribution is 0.105. The van der Waals surface area contributed by atoms with Crippen LogP contribution in [0.4, 0.5) is 0 Å². The lowest BCUT2D eigenvalue weighted by atomic mass is 10.4. The molecule has 43 valence electrons. The van der Waals surface area contributed by atoms with E-state index in [4.69, 9.17) is 4.84 Å². The van der Waals surface area contributed by atoms with Crippen molar-refractivity contribution >= 4 is 6.34 Å². The highest BCUT2D eigenvalue weighted by Gasteiger charge is 2.35. The van der Waals surface area contributed by atoms with Crippen LogP contribution in [0.2, 0.25) is 0 Å². The lowest BCUT2D eigenvalue weighted by Crippen LogP contribution is -2.06. The molecule has 1 radical (unpaired) electrons. The molecular formula is C5H7N2O. The Morgan fingerprint density at radius 2 is 2.62 bits per heavy atom. The first-order valence-electron chi connectivity index (χ1n) is 2.78. The van der Waals surface area contributed by atoms with Crippen LogP contribution in [-0.4, -0.2) is 6.34 Å². The average Bonchev–Trinajstić information content (AvgIpc) is 2.49. The molecule has 0 aromatic carbocycles. The fourth-order valence-corrected chi connectivity index (χ4v) is 0.722. The van der Waals surface area contributed by atoms with Crippen LogP contribution in [0.5, 0.6) is 0 Å². The van der Waals surface area contributed by atoms with E-state index in [0.717, 1.165) is 6.23 Å². The van der Waals surface area contributed by atoms with Crippen LogP contribution in [0.3, 0.4) is 0 Å². The number of nitrogens with zero attached hydrogens (tertiary/aromatic N) is 1. The number of nitrogens with one attached hydrogen (secondary N) is 1. The quantitative estimate of drug-likeness (QED) is 0.533. The molecule has 0 bridgehead atoms. The van der Waals surface area contributed by atoms with Gasteiger partial charge in [-0.15, -0.1) is 0 Å². The highest BCUT2D eigenvalue weighted by atomic mass is 16.7. The van der Waals surface area contributed by atoms with Crippen LogP contribution >= 0.6 is 0 Å². The van der Waals surface area contributed by atoms with Crippen molar-refractivity contribution in [1.82, 2.24) is 5.48 Å². The molecule has 1 aliphatic heterocycles. The first-order valence-corrected chi connectivity index (χ1v) is 2.78. The van der Waals surface area contributed by atoms with E-state index in [0.29, 0.717) is 5.92 Å². The predicted molar refractivity (Wildman–Crippen MR) is 28.7 cm³/mol. The SMILES string of the molecule is C1=N[C](C2CC2)ON1. The maximum absolute atomic E-state index is 4.92. The molecule has 0 spiro atoms. The Kier molecular flexibility index (Phi) is 0.784. The van der Waals surface area contributed by atoms with Gasteiger partial charge in [0.15, 0.2) is 0 Å². The highest BCUT2D eigenvalue weighted by Crippen LogP contribution is 2.39. The Hall–Kier alpha value is -0.570. The molecule has 3 heteroatoms. The number of hydroxylamine groups is 1. The lowest BCUT2D eigenvalue weighted by Gasteiger charge is -1.97. The van der Waals surface area contributed by atoms with Crippen molar-refractivity contribution in [2.45, 2.75) is 12.8 Å². The fourth-order valence-electron chi connectivity index (χ4n) is 0.722. The van der Waals surface area contributed by atoms with Crippen LogP contribution in [0.1, 0.15) is 12.8 Å². The molecule has 1 aliphatic carbocycles. The van der Waals surface area contributed by atoms with E-state index < -0.39 is 0 Å². The molecule has 0 amide bonds. The van der Waals surface area contributed by atoms with Gasteiger partial charge in [-0.1, -0.05) is 0 Å². The fraction of sp³-hybridized carbons (Fsp3) is 0.600. The van der Waals surface area contributed by atoms with Gasteiger partial charge in [0.25, 0.3) is 0 Å². The van der Waals surface area contributed by atoms with Crippen LogP contribution in [0, 0.1) is 12.1 Å². The van der Waals surface area contributed by atoms with Crippen LogP contribution in [0.25, 0.3) is 0 Å². The van der Waals surface area contributed by atoms with Gasteiger partial charge in [0.2, 0.25) is 6.23 Å². The van der Waals surface area contributed by atoms with Crippen LogP contribution in [0.15, 0.2) is 4.99 Å². The van der Waals surface area contributed by atoms with Crippen molar-refractivity contribution in [3.63, 3.8) is 0 Å². The molecule has 0 unspecified atom stereocenters. The van der Waals surface area contributed by atoms with Crippen molar-refractivity contribution in [3.8, 4) is 0 Å². The van der Waals surface area contributed by atoms with Gasteiger partial charge in [-0.05, 0) is 12.8 Å². The van der Waals surface area contributed by atoms with E-state index in [-0.39, 0.29) is 0 Å².